The van der Waals surface area contributed by atoms with Crippen molar-refractivity contribution < 1.29 is 31.1 Å². The fourth-order valence-corrected chi connectivity index (χ4v) is 4.86. The van der Waals surface area contributed by atoms with E-state index in [1.165, 1.54) is 30.6 Å². The van der Waals surface area contributed by atoms with Gasteiger partial charge in [-0.25, -0.2) is 27.5 Å². The van der Waals surface area contributed by atoms with Crippen LogP contribution in [0.5, 0.6) is 0 Å². The third-order valence-corrected chi connectivity index (χ3v) is 6.99. The van der Waals surface area contributed by atoms with Crippen LogP contribution >= 0.6 is 11.3 Å². The third-order valence-electron chi connectivity index (χ3n) is 4.55. The van der Waals surface area contributed by atoms with Crippen molar-refractivity contribution >= 4 is 54.0 Å². The van der Waals surface area contributed by atoms with Gasteiger partial charge in [-0.3, -0.25) is 0 Å². The number of alkyl halides is 3. The minimum Gasteiger partial charge on any atom is -0.395 e. The number of nitrogens with zero attached hydrogens (tertiary/aromatic N) is 3. The van der Waals surface area contributed by atoms with Crippen molar-refractivity contribution in [2.24, 2.45) is 0 Å². The number of nitrogens with one attached hydrogen (secondary N) is 3. The molecule has 4 N–H and O–H groups in total. The molecule has 0 unspecified atom stereocenters. The van der Waals surface area contributed by atoms with Gasteiger partial charge >= 0.3 is 6.18 Å². The molecule has 184 valence electrons. The Hall–Kier alpha value is -3.40. The number of aromatic nitrogens is 3. The number of hydrogen-bond donors (Lipinski definition) is 4. The highest BCUT2D eigenvalue weighted by molar-refractivity contribution is 7.89. The van der Waals surface area contributed by atoms with Gasteiger partial charge in [0.2, 0.25) is 10.0 Å². The first kappa shape index (κ1) is 24.7. The van der Waals surface area contributed by atoms with Crippen molar-refractivity contribution in [3.63, 3.8) is 0 Å². The maximum atomic E-state index is 13.6. The standard InChI is InChI=1S/C20H16F4N6O3S2/c21-15-6-3-12(9-14(15)20(22,23)24)28-17-16-18(26-10-25-17)30-19(34-16)29-11-1-4-13(5-2-11)35(32,33)27-7-8-31/h1-6,9-10,27,31H,7-8H2,(H2,25,26,28,29,30). The number of hydrogen-bond acceptors (Lipinski definition) is 9. The van der Waals surface area contributed by atoms with Crippen molar-refractivity contribution in [3.8, 4) is 0 Å². The highest BCUT2D eigenvalue weighted by atomic mass is 32.2. The van der Waals surface area contributed by atoms with Crippen LogP contribution in [0.2, 0.25) is 0 Å². The van der Waals surface area contributed by atoms with Crippen LogP contribution < -0.4 is 15.4 Å². The Morgan fingerprint density at radius 3 is 2.40 bits per heavy atom. The van der Waals surface area contributed by atoms with Crippen molar-refractivity contribution in [2.45, 2.75) is 11.1 Å². The average Bonchev–Trinajstić information content (AvgIpc) is 3.22. The van der Waals surface area contributed by atoms with E-state index >= 15 is 0 Å². The number of halogens is 4. The summed E-state index contributed by atoms with van der Waals surface area (Å²) in [4.78, 5) is 12.4. The summed E-state index contributed by atoms with van der Waals surface area (Å²) in [6.45, 7) is -0.443. The molecule has 2 heterocycles. The fraction of sp³-hybridized carbons (Fsp3) is 0.150. The number of aliphatic hydroxyl groups excluding tert-OH is 1. The molecule has 0 radical (unpaired) electrons. The van der Waals surface area contributed by atoms with Gasteiger partial charge < -0.3 is 15.7 Å². The molecule has 9 nitrogen and oxygen atoms in total. The first-order valence-corrected chi connectivity index (χ1v) is 12.1. The molecule has 0 spiro atoms. The topological polar surface area (TPSA) is 129 Å². The fourth-order valence-electron chi connectivity index (χ4n) is 2.96. The predicted molar refractivity (Wildman–Crippen MR) is 122 cm³/mol. The molecule has 0 aliphatic carbocycles. The van der Waals surface area contributed by atoms with Gasteiger partial charge in [-0.15, -0.1) is 0 Å². The lowest BCUT2D eigenvalue weighted by Crippen LogP contribution is -2.26. The minimum absolute atomic E-state index is 0.00989. The zero-order chi connectivity index (χ0) is 25.2. The molecule has 0 saturated carbocycles. The first-order valence-electron chi connectivity index (χ1n) is 9.80. The zero-order valence-corrected chi connectivity index (χ0v) is 19.1. The van der Waals surface area contributed by atoms with Crippen molar-refractivity contribution in [3.05, 3.63) is 60.2 Å². The van der Waals surface area contributed by atoms with E-state index in [0.29, 0.717) is 27.7 Å². The molecule has 15 heteroatoms. The summed E-state index contributed by atoms with van der Waals surface area (Å²) in [5, 5.41) is 14.9. The Bertz CT molecular complexity index is 1460. The van der Waals surface area contributed by atoms with Crippen LogP contribution in [-0.2, 0) is 16.2 Å². The second-order valence-corrected chi connectivity index (χ2v) is 9.75. The lowest BCUT2D eigenvalue weighted by Gasteiger charge is -2.11. The summed E-state index contributed by atoms with van der Waals surface area (Å²) in [6, 6.07) is 8.29. The number of fused-ring (bicyclic) bond motifs is 1. The van der Waals surface area contributed by atoms with Crippen LogP contribution in [0.15, 0.2) is 53.7 Å². The maximum Gasteiger partial charge on any atom is 0.419 e. The van der Waals surface area contributed by atoms with E-state index in [0.717, 1.165) is 17.4 Å². The number of benzene rings is 2. The van der Waals surface area contributed by atoms with E-state index in [2.05, 4.69) is 30.3 Å². The monoisotopic (exact) mass is 528 g/mol. The molecule has 0 aliphatic rings. The van der Waals surface area contributed by atoms with Crippen molar-refractivity contribution in [2.75, 3.05) is 23.8 Å². The van der Waals surface area contributed by atoms with Gasteiger partial charge in [0, 0.05) is 17.9 Å². The Balaban J connectivity index is 1.56. The molecular weight excluding hydrogens is 512 g/mol. The summed E-state index contributed by atoms with van der Waals surface area (Å²) in [5.41, 5.74) is -0.647. The van der Waals surface area contributed by atoms with Crippen LogP contribution in [0.3, 0.4) is 0 Å². The second-order valence-electron chi connectivity index (χ2n) is 6.98. The summed E-state index contributed by atoms with van der Waals surface area (Å²) in [5.74, 6) is -1.21. The minimum atomic E-state index is -4.85. The normalized spacial score (nSPS) is 12.1. The lowest BCUT2D eigenvalue weighted by atomic mass is 10.2. The summed E-state index contributed by atoms with van der Waals surface area (Å²) in [7, 11) is -3.75. The lowest BCUT2D eigenvalue weighted by molar-refractivity contribution is -0.139. The molecular formula is C20H16F4N6O3S2. The maximum absolute atomic E-state index is 13.6. The number of rotatable bonds is 8. The molecule has 35 heavy (non-hydrogen) atoms. The van der Waals surface area contributed by atoms with Crippen LogP contribution in [0.1, 0.15) is 5.56 Å². The van der Waals surface area contributed by atoms with Gasteiger partial charge in [-0.2, -0.15) is 18.2 Å². The number of aliphatic hydroxyl groups is 1. The van der Waals surface area contributed by atoms with E-state index in [4.69, 9.17) is 5.11 Å². The molecule has 2 aromatic carbocycles. The molecule has 0 bridgehead atoms. The van der Waals surface area contributed by atoms with Crippen LogP contribution in [0.4, 0.5) is 39.9 Å². The van der Waals surface area contributed by atoms with Crippen LogP contribution in [0.25, 0.3) is 10.3 Å². The Kier molecular flexibility index (Phi) is 6.84. The van der Waals surface area contributed by atoms with Gasteiger partial charge in [0.05, 0.1) is 17.1 Å². The van der Waals surface area contributed by atoms with Gasteiger partial charge in [0.15, 0.2) is 16.6 Å². The van der Waals surface area contributed by atoms with Gasteiger partial charge in [-0.1, -0.05) is 11.3 Å². The van der Waals surface area contributed by atoms with Gasteiger partial charge in [0.1, 0.15) is 16.8 Å². The van der Waals surface area contributed by atoms with Crippen LogP contribution in [0, 0.1) is 5.82 Å². The highest BCUT2D eigenvalue weighted by Gasteiger charge is 2.34. The molecule has 4 aromatic rings. The quantitative estimate of drug-likeness (QED) is 0.253. The second kappa shape index (κ2) is 9.69. The smallest absolute Gasteiger partial charge is 0.395 e. The summed E-state index contributed by atoms with van der Waals surface area (Å²) < 4.78 is 79.5. The highest BCUT2D eigenvalue weighted by Crippen LogP contribution is 2.36. The summed E-state index contributed by atoms with van der Waals surface area (Å²) >= 11 is 1.11. The predicted octanol–water partition coefficient (Wildman–Crippen LogP) is 4.00. The van der Waals surface area contributed by atoms with E-state index in [1.807, 2.05) is 0 Å². The molecule has 0 aliphatic heterocycles. The van der Waals surface area contributed by atoms with E-state index in [-0.39, 0.29) is 35.2 Å². The number of thiazole rings is 1. The molecule has 0 fully saturated rings. The molecule has 4 rings (SSSR count). The number of sulfonamides is 1. The molecule has 0 amide bonds. The Labute approximate surface area is 199 Å². The largest absolute Gasteiger partial charge is 0.419 e. The van der Waals surface area contributed by atoms with E-state index in [1.54, 1.807) is 0 Å². The van der Waals surface area contributed by atoms with Gasteiger partial charge in [0.25, 0.3) is 0 Å². The Morgan fingerprint density at radius 1 is 1.00 bits per heavy atom. The van der Waals surface area contributed by atoms with E-state index < -0.39 is 27.6 Å². The van der Waals surface area contributed by atoms with Crippen LogP contribution in [-0.4, -0.2) is 41.6 Å². The van der Waals surface area contributed by atoms with Crippen molar-refractivity contribution in [1.82, 2.24) is 19.7 Å². The van der Waals surface area contributed by atoms with Gasteiger partial charge in [-0.05, 0) is 42.5 Å². The summed E-state index contributed by atoms with van der Waals surface area (Å²) in [6.07, 6.45) is -3.67. The molecule has 0 atom stereocenters. The number of anilines is 4. The van der Waals surface area contributed by atoms with Crippen molar-refractivity contribution in [1.29, 1.82) is 0 Å². The Morgan fingerprint density at radius 2 is 1.71 bits per heavy atom. The third kappa shape index (κ3) is 5.64. The first-order chi connectivity index (χ1) is 16.6. The molecule has 2 aromatic heterocycles. The SMILES string of the molecule is O=S(=O)(NCCO)c1ccc(Nc2nc3ncnc(Nc4ccc(F)c(C(F)(F)F)c4)c3s2)cc1. The molecule has 0 saturated heterocycles. The van der Waals surface area contributed by atoms with E-state index in [9.17, 15) is 26.0 Å². The zero-order valence-electron chi connectivity index (χ0n) is 17.5. The average molecular weight is 529 g/mol.